The molecule has 0 aliphatic carbocycles. The van der Waals surface area contributed by atoms with Gasteiger partial charge >= 0.3 is 0 Å². The van der Waals surface area contributed by atoms with Crippen molar-refractivity contribution in [3.63, 3.8) is 0 Å². The molecule has 2 fully saturated rings. The predicted octanol–water partition coefficient (Wildman–Crippen LogP) is 2.62. The molecule has 32 heavy (non-hydrogen) atoms. The van der Waals surface area contributed by atoms with Crippen LogP contribution in [0.15, 0.2) is 36.7 Å². The third kappa shape index (κ3) is 5.34. The second kappa shape index (κ2) is 10.8. The Morgan fingerprint density at radius 1 is 1.12 bits per heavy atom. The number of para-hydroxylation sites is 2. The van der Waals surface area contributed by atoms with Crippen LogP contribution in [0.5, 0.6) is 5.75 Å². The first kappa shape index (κ1) is 23.2. The number of aliphatic hydroxyl groups excluding tert-OH is 1. The molecule has 1 aromatic heterocycles. The number of aromatic nitrogens is 2. The Bertz CT molecular complexity index is 846. The highest BCUT2D eigenvalue weighted by Crippen LogP contribution is 2.26. The molecule has 1 aromatic carbocycles. The van der Waals surface area contributed by atoms with Gasteiger partial charge in [0.15, 0.2) is 0 Å². The molecule has 2 aliphatic rings. The van der Waals surface area contributed by atoms with Crippen LogP contribution >= 0.6 is 0 Å². The third-order valence-corrected chi connectivity index (χ3v) is 7.15. The Balaban J connectivity index is 1.37. The molecule has 2 saturated heterocycles. The number of rotatable bonds is 8. The first-order valence-electron chi connectivity index (χ1n) is 12.1. The highest BCUT2D eigenvalue weighted by atomic mass is 16.5. The Hall–Kier alpha value is -1.93. The van der Waals surface area contributed by atoms with E-state index in [1.807, 2.05) is 35.1 Å². The van der Waals surface area contributed by atoms with Crippen molar-refractivity contribution in [2.24, 2.45) is 0 Å². The van der Waals surface area contributed by atoms with Gasteiger partial charge in [-0.2, -0.15) is 5.10 Å². The van der Waals surface area contributed by atoms with E-state index in [-0.39, 0.29) is 6.61 Å². The monoisotopic (exact) mass is 441 g/mol. The Morgan fingerprint density at radius 2 is 1.91 bits per heavy atom. The lowest BCUT2D eigenvalue weighted by atomic mass is 9.97. The number of likely N-dealkylation sites (tertiary alicyclic amines) is 1. The molecule has 4 rings (SSSR count). The number of piperazine rings is 1. The van der Waals surface area contributed by atoms with Crippen LogP contribution in [0.3, 0.4) is 0 Å². The second-order valence-electron chi connectivity index (χ2n) is 9.46. The minimum atomic E-state index is 0.256. The molecule has 7 nitrogen and oxygen atoms in total. The maximum Gasteiger partial charge on any atom is 0.144 e. The second-order valence-corrected chi connectivity index (χ2v) is 9.46. The van der Waals surface area contributed by atoms with E-state index < -0.39 is 0 Å². The summed E-state index contributed by atoms with van der Waals surface area (Å²) in [4.78, 5) is 7.81. The number of benzene rings is 1. The standard InChI is InChI=1S/C25H39N5O2/c1-20(2)28-11-8-22(9-12-28)29-14-13-27(19-23(29)10-15-31)17-21-16-26-30(18-21)24-6-4-5-7-25(24)32-3/h4-7,16,18,20,22-23,31H,8-15,17,19H2,1-3H3. The van der Waals surface area contributed by atoms with Crippen LogP contribution in [0.1, 0.15) is 38.7 Å². The Morgan fingerprint density at radius 3 is 2.62 bits per heavy atom. The van der Waals surface area contributed by atoms with Gasteiger partial charge in [-0.15, -0.1) is 0 Å². The van der Waals surface area contributed by atoms with Crippen LogP contribution in [0.4, 0.5) is 0 Å². The lowest BCUT2D eigenvalue weighted by Crippen LogP contribution is -2.58. The van der Waals surface area contributed by atoms with Gasteiger partial charge in [-0.3, -0.25) is 9.80 Å². The maximum atomic E-state index is 9.73. The average molecular weight is 442 g/mol. The van der Waals surface area contributed by atoms with E-state index in [1.165, 1.54) is 31.5 Å². The molecular formula is C25H39N5O2. The molecule has 1 N–H and O–H groups in total. The van der Waals surface area contributed by atoms with Crippen molar-refractivity contribution in [3.05, 3.63) is 42.2 Å². The van der Waals surface area contributed by atoms with E-state index in [0.29, 0.717) is 18.1 Å². The highest BCUT2D eigenvalue weighted by Gasteiger charge is 2.33. The van der Waals surface area contributed by atoms with E-state index in [1.54, 1.807) is 7.11 Å². The molecule has 0 spiro atoms. The molecular weight excluding hydrogens is 402 g/mol. The SMILES string of the molecule is COc1ccccc1-n1cc(CN2CCN(C3CCN(C(C)C)CC3)C(CCO)C2)cn1. The van der Waals surface area contributed by atoms with Gasteiger partial charge in [-0.25, -0.2) is 4.68 Å². The van der Waals surface area contributed by atoms with Crippen molar-refractivity contribution in [1.29, 1.82) is 0 Å². The summed E-state index contributed by atoms with van der Waals surface area (Å²) >= 11 is 0. The molecule has 3 heterocycles. The van der Waals surface area contributed by atoms with Crippen LogP contribution in [-0.2, 0) is 6.54 Å². The van der Waals surface area contributed by atoms with Gasteiger partial charge in [-0.1, -0.05) is 12.1 Å². The van der Waals surface area contributed by atoms with Gasteiger partial charge in [0.2, 0.25) is 0 Å². The van der Waals surface area contributed by atoms with E-state index in [4.69, 9.17) is 4.74 Å². The quantitative estimate of drug-likeness (QED) is 0.680. The van der Waals surface area contributed by atoms with Gasteiger partial charge in [0, 0.05) is 62.7 Å². The van der Waals surface area contributed by atoms with Gasteiger partial charge in [0.25, 0.3) is 0 Å². The number of hydrogen-bond acceptors (Lipinski definition) is 6. The van der Waals surface area contributed by atoms with E-state index >= 15 is 0 Å². The Kier molecular flexibility index (Phi) is 7.84. The largest absolute Gasteiger partial charge is 0.494 e. The number of methoxy groups -OCH3 is 1. The zero-order valence-corrected chi connectivity index (χ0v) is 19.9. The predicted molar refractivity (Wildman–Crippen MR) is 127 cm³/mol. The van der Waals surface area contributed by atoms with Crippen molar-refractivity contribution in [2.45, 2.75) is 57.8 Å². The van der Waals surface area contributed by atoms with Crippen molar-refractivity contribution < 1.29 is 9.84 Å². The van der Waals surface area contributed by atoms with Crippen molar-refractivity contribution in [2.75, 3.05) is 46.4 Å². The van der Waals surface area contributed by atoms with Crippen LogP contribution in [0.25, 0.3) is 5.69 Å². The molecule has 2 aromatic rings. The fourth-order valence-corrected chi connectivity index (χ4v) is 5.35. The van der Waals surface area contributed by atoms with Crippen LogP contribution in [-0.4, -0.2) is 94.2 Å². The zero-order chi connectivity index (χ0) is 22.5. The summed E-state index contributed by atoms with van der Waals surface area (Å²) in [6, 6.07) is 9.67. The molecule has 2 aliphatic heterocycles. The molecule has 7 heteroatoms. The van der Waals surface area contributed by atoms with Gasteiger partial charge < -0.3 is 14.7 Å². The fourth-order valence-electron chi connectivity index (χ4n) is 5.35. The smallest absolute Gasteiger partial charge is 0.144 e. The maximum absolute atomic E-state index is 9.73. The van der Waals surface area contributed by atoms with E-state index in [2.05, 4.69) is 39.8 Å². The zero-order valence-electron chi connectivity index (χ0n) is 19.9. The summed E-state index contributed by atoms with van der Waals surface area (Å²) in [6.45, 7) is 11.3. The van der Waals surface area contributed by atoms with Crippen molar-refractivity contribution >= 4 is 0 Å². The summed E-state index contributed by atoms with van der Waals surface area (Å²) in [6.07, 6.45) is 7.40. The number of aliphatic hydroxyl groups is 1. The number of piperidine rings is 1. The molecule has 0 saturated carbocycles. The molecule has 0 radical (unpaired) electrons. The Labute approximate surface area is 192 Å². The molecule has 0 bridgehead atoms. The summed E-state index contributed by atoms with van der Waals surface area (Å²) in [5.74, 6) is 0.822. The van der Waals surface area contributed by atoms with Gasteiger partial charge in [0.1, 0.15) is 11.4 Å². The number of hydrogen-bond donors (Lipinski definition) is 1. The van der Waals surface area contributed by atoms with E-state index in [0.717, 1.165) is 44.0 Å². The summed E-state index contributed by atoms with van der Waals surface area (Å²) in [5, 5.41) is 14.3. The van der Waals surface area contributed by atoms with Crippen LogP contribution in [0.2, 0.25) is 0 Å². The molecule has 176 valence electrons. The lowest BCUT2D eigenvalue weighted by Gasteiger charge is -2.48. The molecule has 1 atom stereocenters. The van der Waals surface area contributed by atoms with Crippen LogP contribution in [0, 0.1) is 0 Å². The number of nitrogens with zero attached hydrogens (tertiary/aromatic N) is 5. The summed E-state index contributed by atoms with van der Waals surface area (Å²) in [7, 11) is 1.69. The molecule has 0 amide bonds. The highest BCUT2D eigenvalue weighted by molar-refractivity contribution is 5.46. The normalized spacial score (nSPS) is 22.0. The average Bonchev–Trinajstić information content (AvgIpc) is 3.28. The van der Waals surface area contributed by atoms with E-state index in [9.17, 15) is 5.11 Å². The van der Waals surface area contributed by atoms with Crippen LogP contribution < -0.4 is 4.74 Å². The first-order valence-corrected chi connectivity index (χ1v) is 12.1. The van der Waals surface area contributed by atoms with Crippen molar-refractivity contribution in [3.8, 4) is 11.4 Å². The van der Waals surface area contributed by atoms with Gasteiger partial charge in [-0.05, 0) is 58.3 Å². The van der Waals surface area contributed by atoms with Crippen molar-refractivity contribution in [1.82, 2.24) is 24.5 Å². The molecule has 1 unspecified atom stereocenters. The summed E-state index contributed by atoms with van der Waals surface area (Å²) < 4.78 is 7.39. The third-order valence-electron chi connectivity index (χ3n) is 7.15. The lowest BCUT2D eigenvalue weighted by molar-refractivity contribution is -0.0000322. The minimum Gasteiger partial charge on any atom is -0.494 e. The summed E-state index contributed by atoms with van der Waals surface area (Å²) in [5.41, 5.74) is 2.16. The van der Waals surface area contributed by atoms with Gasteiger partial charge in [0.05, 0.1) is 13.3 Å². The topological polar surface area (TPSA) is 57.0 Å². The fraction of sp³-hybridized carbons (Fsp3) is 0.640. The minimum absolute atomic E-state index is 0.256. The first-order chi connectivity index (χ1) is 15.6. The number of ether oxygens (including phenoxy) is 1.